The van der Waals surface area contributed by atoms with Gasteiger partial charge in [0.1, 0.15) is 17.6 Å². The predicted molar refractivity (Wildman–Crippen MR) is 102 cm³/mol. The van der Waals surface area contributed by atoms with Crippen LogP contribution in [0.3, 0.4) is 0 Å². The summed E-state index contributed by atoms with van der Waals surface area (Å²) in [5, 5.41) is 22.1. The lowest BCUT2D eigenvalue weighted by Crippen LogP contribution is -2.19. The molecule has 142 valence electrons. The molecule has 1 N–H and O–H groups in total. The molecule has 0 aliphatic carbocycles. The highest BCUT2D eigenvalue weighted by atomic mass is 35.5. The Hall–Kier alpha value is -3.16. The van der Waals surface area contributed by atoms with Crippen LogP contribution in [0.25, 0.3) is 0 Å². The van der Waals surface area contributed by atoms with Gasteiger partial charge in [-0.1, -0.05) is 23.7 Å². The number of benzene rings is 2. The number of hydrogen-bond donors (Lipinski definition) is 1. The van der Waals surface area contributed by atoms with E-state index in [2.05, 4.69) is 4.98 Å². The van der Waals surface area contributed by atoms with E-state index in [0.717, 1.165) is 5.56 Å². The number of ether oxygens (including phenoxy) is 2. The third kappa shape index (κ3) is 3.76. The molecule has 1 aliphatic rings. The zero-order valence-electron chi connectivity index (χ0n) is 14.5. The van der Waals surface area contributed by atoms with Gasteiger partial charge in [0.25, 0.3) is 5.69 Å². The third-order valence-electron chi connectivity index (χ3n) is 4.44. The Bertz CT molecular complexity index is 1030. The quantitative estimate of drug-likeness (QED) is 0.491. The Morgan fingerprint density at radius 2 is 1.96 bits per heavy atom. The minimum Gasteiger partial charge on any atom is -0.485 e. The van der Waals surface area contributed by atoms with E-state index in [-0.39, 0.29) is 17.7 Å². The van der Waals surface area contributed by atoms with Crippen molar-refractivity contribution in [2.75, 3.05) is 0 Å². The number of rotatable bonds is 4. The molecular formula is C20H15ClN2O5. The maximum absolute atomic E-state index is 10.9. The SMILES string of the molecule is O=[N+]([O-])c1ccnc(Oc2ccc3c(c2)C(O)CC(c2ccc(Cl)cc2)O3)c1. The fourth-order valence-corrected chi connectivity index (χ4v) is 3.19. The number of nitro groups is 1. The van der Waals surface area contributed by atoms with Crippen LogP contribution >= 0.6 is 11.6 Å². The van der Waals surface area contributed by atoms with E-state index in [4.69, 9.17) is 21.1 Å². The molecule has 7 nitrogen and oxygen atoms in total. The smallest absolute Gasteiger partial charge is 0.276 e. The number of nitrogens with zero attached hydrogens (tertiary/aromatic N) is 2. The molecule has 0 radical (unpaired) electrons. The summed E-state index contributed by atoms with van der Waals surface area (Å²) in [7, 11) is 0. The van der Waals surface area contributed by atoms with Crippen molar-refractivity contribution in [2.24, 2.45) is 0 Å². The fraction of sp³-hybridized carbons (Fsp3) is 0.150. The van der Waals surface area contributed by atoms with Crippen LogP contribution < -0.4 is 9.47 Å². The van der Waals surface area contributed by atoms with Gasteiger partial charge in [-0.15, -0.1) is 0 Å². The molecule has 4 rings (SSSR count). The zero-order valence-corrected chi connectivity index (χ0v) is 15.2. The topological polar surface area (TPSA) is 94.7 Å². The van der Waals surface area contributed by atoms with Gasteiger partial charge in [0, 0.05) is 29.3 Å². The standard InChI is InChI=1S/C20H15ClN2O5/c21-13-3-1-12(2-4-13)19-11-17(24)16-10-15(5-6-18(16)28-19)27-20-9-14(23(25)26)7-8-22-20/h1-10,17,19,24H,11H2. The van der Waals surface area contributed by atoms with Gasteiger partial charge in [-0.05, 0) is 35.9 Å². The molecule has 0 fully saturated rings. The van der Waals surface area contributed by atoms with Crippen molar-refractivity contribution >= 4 is 17.3 Å². The Kier molecular flexibility index (Phi) is 4.85. The van der Waals surface area contributed by atoms with Gasteiger partial charge >= 0.3 is 0 Å². The van der Waals surface area contributed by atoms with Gasteiger partial charge in [-0.3, -0.25) is 10.1 Å². The Morgan fingerprint density at radius 1 is 1.18 bits per heavy atom. The van der Waals surface area contributed by atoms with E-state index >= 15 is 0 Å². The van der Waals surface area contributed by atoms with E-state index in [1.807, 2.05) is 12.1 Å². The normalized spacial score (nSPS) is 18.1. The van der Waals surface area contributed by atoms with E-state index in [1.54, 1.807) is 30.3 Å². The zero-order chi connectivity index (χ0) is 19.7. The van der Waals surface area contributed by atoms with Gasteiger partial charge in [-0.25, -0.2) is 4.98 Å². The summed E-state index contributed by atoms with van der Waals surface area (Å²) in [4.78, 5) is 14.3. The van der Waals surface area contributed by atoms with Crippen LogP contribution in [0.2, 0.25) is 5.02 Å². The van der Waals surface area contributed by atoms with Gasteiger partial charge in [0.15, 0.2) is 0 Å². The average molecular weight is 399 g/mol. The second kappa shape index (κ2) is 7.46. The number of fused-ring (bicyclic) bond motifs is 1. The van der Waals surface area contributed by atoms with Crippen molar-refractivity contribution in [1.82, 2.24) is 4.98 Å². The lowest BCUT2D eigenvalue weighted by Gasteiger charge is -2.30. The molecule has 2 unspecified atom stereocenters. The number of hydrogen-bond acceptors (Lipinski definition) is 6. The monoisotopic (exact) mass is 398 g/mol. The number of halogens is 1. The van der Waals surface area contributed by atoms with Crippen molar-refractivity contribution in [1.29, 1.82) is 0 Å². The first kappa shape index (κ1) is 18.2. The van der Waals surface area contributed by atoms with Crippen LogP contribution in [-0.2, 0) is 0 Å². The largest absolute Gasteiger partial charge is 0.485 e. The molecule has 1 aromatic heterocycles. The fourth-order valence-electron chi connectivity index (χ4n) is 3.06. The van der Waals surface area contributed by atoms with Crippen LogP contribution in [0.4, 0.5) is 5.69 Å². The molecule has 0 spiro atoms. The Balaban J connectivity index is 1.56. The summed E-state index contributed by atoms with van der Waals surface area (Å²) >= 11 is 5.92. The lowest BCUT2D eigenvalue weighted by molar-refractivity contribution is -0.385. The summed E-state index contributed by atoms with van der Waals surface area (Å²) in [6.07, 6.45) is 0.657. The van der Waals surface area contributed by atoms with E-state index in [0.29, 0.717) is 28.5 Å². The minimum atomic E-state index is -0.744. The van der Waals surface area contributed by atoms with E-state index in [9.17, 15) is 15.2 Å². The molecular weight excluding hydrogens is 384 g/mol. The maximum Gasteiger partial charge on any atom is 0.276 e. The third-order valence-corrected chi connectivity index (χ3v) is 4.69. The first-order valence-electron chi connectivity index (χ1n) is 8.52. The highest BCUT2D eigenvalue weighted by Crippen LogP contribution is 2.42. The molecule has 8 heteroatoms. The summed E-state index contributed by atoms with van der Waals surface area (Å²) in [6.45, 7) is 0. The average Bonchev–Trinajstić information content (AvgIpc) is 2.69. The molecule has 0 bridgehead atoms. The molecule has 0 saturated heterocycles. The van der Waals surface area contributed by atoms with Crippen LogP contribution in [0.1, 0.15) is 29.8 Å². The molecule has 0 amide bonds. The number of pyridine rings is 1. The van der Waals surface area contributed by atoms with E-state index in [1.165, 1.54) is 18.3 Å². The summed E-state index contributed by atoms with van der Waals surface area (Å²) < 4.78 is 11.6. The van der Waals surface area contributed by atoms with Gasteiger partial charge < -0.3 is 14.6 Å². The molecule has 2 atom stereocenters. The van der Waals surface area contributed by atoms with Crippen molar-refractivity contribution in [3.8, 4) is 17.4 Å². The molecule has 2 heterocycles. The highest BCUT2D eigenvalue weighted by molar-refractivity contribution is 6.30. The van der Waals surface area contributed by atoms with Crippen LogP contribution in [0, 0.1) is 10.1 Å². The first-order chi connectivity index (χ1) is 13.5. The molecule has 0 saturated carbocycles. The summed E-state index contributed by atoms with van der Waals surface area (Å²) in [5.74, 6) is 1.05. The van der Waals surface area contributed by atoms with E-state index < -0.39 is 11.0 Å². The Morgan fingerprint density at radius 3 is 2.71 bits per heavy atom. The highest BCUT2D eigenvalue weighted by Gasteiger charge is 2.28. The molecule has 2 aromatic carbocycles. The van der Waals surface area contributed by atoms with Crippen molar-refractivity contribution in [3.05, 3.63) is 87.1 Å². The van der Waals surface area contributed by atoms with Gasteiger partial charge in [0.2, 0.25) is 5.88 Å². The lowest BCUT2D eigenvalue weighted by atomic mass is 9.95. The second-order valence-electron chi connectivity index (χ2n) is 6.32. The van der Waals surface area contributed by atoms with Gasteiger partial charge in [-0.2, -0.15) is 0 Å². The van der Waals surface area contributed by atoms with Crippen LogP contribution in [-0.4, -0.2) is 15.0 Å². The van der Waals surface area contributed by atoms with Crippen LogP contribution in [0.5, 0.6) is 17.4 Å². The van der Waals surface area contributed by atoms with Gasteiger partial charge in [0.05, 0.1) is 17.1 Å². The maximum atomic E-state index is 10.9. The van der Waals surface area contributed by atoms with Crippen molar-refractivity contribution < 1.29 is 19.5 Å². The number of aliphatic hydroxyl groups excluding tert-OH is 1. The number of aromatic nitrogens is 1. The summed E-state index contributed by atoms with van der Waals surface area (Å²) in [5.41, 5.74) is 1.40. The molecule has 3 aromatic rings. The van der Waals surface area contributed by atoms with Crippen molar-refractivity contribution in [2.45, 2.75) is 18.6 Å². The minimum absolute atomic E-state index is 0.0967. The van der Waals surface area contributed by atoms with Crippen LogP contribution in [0.15, 0.2) is 60.8 Å². The molecule has 1 aliphatic heterocycles. The molecule has 28 heavy (non-hydrogen) atoms. The second-order valence-corrected chi connectivity index (χ2v) is 6.76. The summed E-state index contributed by atoms with van der Waals surface area (Å²) in [6, 6.07) is 14.8. The first-order valence-corrected chi connectivity index (χ1v) is 8.90. The number of aliphatic hydroxyl groups is 1. The van der Waals surface area contributed by atoms with Crippen molar-refractivity contribution in [3.63, 3.8) is 0 Å². The predicted octanol–water partition coefficient (Wildman–Crippen LogP) is 4.99. The Labute approximate surface area is 165 Å².